The van der Waals surface area contributed by atoms with Gasteiger partial charge in [0.15, 0.2) is 5.11 Å². The molecule has 1 atom stereocenters. The van der Waals surface area contributed by atoms with Gasteiger partial charge < -0.3 is 16.0 Å². The summed E-state index contributed by atoms with van der Waals surface area (Å²) in [5.74, 6) is -0.535. The second-order valence-electron chi connectivity index (χ2n) is 3.91. The predicted molar refractivity (Wildman–Crippen MR) is 98.2 cm³/mol. The number of carbonyl (C=O) groups is 1. The molecule has 4 nitrogen and oxygen atoms in total. The van der Waals surface area contributed by atoms with E-state index in [1.54, 1.807) is 18.2 Å². The van der Waals surface area contributed by atoms with Crippen molar-refractivity contribution < 1.29 is 4.79 Å². The molecule has 0 saturated carbocycles. The summed E-state index contributed by atoms with van der Waals surface area (Å²) in [6.07, 6.45) is -0.0453. The number of alkyl halides is 3. The highest BCUT2D eigenvalue weighted by molar-refractivity contribution is 7.80. The summed E-state index contributed by atoms with van der Waals surface area (Å²) in [6.45, 7) is 3.31. The van der Waals surface area contributed by atoms with Gasteiger partial charge in [-0.1, -0.05) is 64.6 Å². The van der Waals surface area contributed by atoms with Crippen LogP contribution < -0.4 is 16.0 Å². The molecule has 120 valence electrons. The molecular formula is C12H10Cl5N3OS. The highest BCUT2D eigenvalue weighted by Gasteiger charge is 2.34. The van der Waals surface area contributed by atoms with E-state index in [0.717, 1.165) is 6.08 Å². The molecular weight excluding hydrogens is 411 g/mol. The second-order valence-corrected chi connectivity index (χ2v) is 7.53. The van der Waals surface area contributed by atoms with Crippen LogP contribution in [-0.4, -0.2) is 21.0 Å². The molecule has 0 aliphatic rings. The average Bonchev–Trinajstić information content (AvgIpc) is 2.41. The van der Waals surface area contributed by atoms with Crippen LogP contribution in [-0.2, 0) is 4.79 Å². The van der Waals surface area contributed by atoms with Crippen LogP contribution in [0.15, 0.2) is 30.9 Å². The Hall–Kier alpha value is -0.430. The summed E-state index contributed by atoms with van der Waals surface area (Å²) in [5, 5.41) is 8.79. The first-order valence-electron chi connectivity index (χ1n) is 5.65. The minimum Gasteiger partial charge on any atom is -0.339 e. The maximum Gasteiger partial charge on any atom is 0.245 e. The van der Waals surface area contributed by atoms with Gasteiger partial charge in [-0.15, -0.1) is 0 Å². The number of benzene rings is 1. The monoisotopic (exact) mass is 419 g/mol. The Morgan fingerprint density at radius 2 is 1.91 bits per heavy atom. The number of halogens is 5. The number of hydrogen-bond acceptors (Lipinski definition) is 2. The fraction of sp³-hybridized carbons (Fsp3) is 0.167. The number of amides is 1. The van der Waals surface area contributed by atoms with Crippen LogP contribution >= 0.6 is 70.2 Å². The van der Waals surface area contributed by atoms with Crippen molar-refractivity contribution in [2.45, 2.75) is 9.96 Å². The van der Waals surface area contributed by atoms with Gasteiger partial charge in [-0.25, -0.2) is 0 Å². The molecule has 1 rings (SSSR count). The second kappa shape index (κ2) is 8.43. The number of anilines is 1. The SMILES string of the molecule is C=CC(=O)N[C@@H](NC(=S)Nc1cc(Cl)ccc1Cl)C(Cl)(Cl)Cl. The van der Waals surface area contributed by atoms with Crippen molar-refractivity contribution >= 4 is 86.9 Å². The van der Waals surface area contributed by atoms with Gasteiger partial charge in [0.1, 0.15) is 6.17 Å². The molecule has 1 amide bonds. The molecule has 3 N–H and O–H groups in total. The third kappa shape index (κ3) is 6.36. The molecule has 0 spiro atoms. The van der Waals surface area contributed by atoms with Crippen LogP contribution in [0.3, 0.4) is 0 Å². The normalized spacial score (nSPS) is 12.2. The summed E-state index contributed by atoms with van der Waals surface area (Å²) in [6, 6.07) is 4.80. The Labute approximate surface area is 158 Å². The summed E-state index contributed by atoms with van der Waals surface area (Å²) >= 11 is 34.3. The van der Waals surface area contributed by atoms with Crippen LogP contribution in [0.25, 0.3) is 0 Å². The van der Waals surface area contributed by atoms with Crippen molar-refractivity contribution in [3.8, 4) is 0 Å². The molecule has 0 heterocycles. The zero-order valence-electron chi connectivity index (χ0n) is 10.8. The first-order chi connectivity index (χ1) is 10.1. The van der Waals surface area contributed by atoms with Gasteiger partial charge in [-0.05, 0) is 36.5 Å². The molecule has 1 aromatic carbocycles. The van der Waals surface area contributed by atoms with Crippen molar-refractivity contribution in [2.75, 3.05) is 5.32 Å². The van der Waals surface area contributed by atoms with Gasteiger partial charge in [-0.3, -0.25) is 4.79 Å². The van der Waals surface area contributed by atoms with Crippen LogP contribution in [0.2, 0.25) is 10.0 Å². The van der Waals surface area contributed by atoms with Crippen LogP contribution in [0, 0.1) is 0 Å². The number of thiocarbonyl (C=S) groups is 1. The van der Waals surface area contributed by atoms with Gasteiger partial charge >= 0.3 is 0 Å². The van der Waals surface area contributed by atoms with Crippen molar-refractivity contribution in [3.05, 3.63) is 40.9 Å². The Kier molecular flexibility index (Phi) is 7.52. The van der Waals surface area contributed by atoms with Crippen LogP contribution in [0.1, 0.15) is 0 Å². The first-order valence-corrected chi connectivity index (χ1v) is 7.95. The van der Waals surface area contributed by atoms with Crippen LogP contribution in [0.4, 0.5) is 5.69 Å². The quantitative estimate of drug-likeness (QED) is 0.294. The fourth-order valence-corrected chi connectivity index (χ4v) is 2.18. The fourth-order valence-electron chi connectivity index (χ4n) is 1.28. The maximum atomic E-state index is 11.4. The Morgan fingerprint density at radius 1 is 1.27 bits per heavy atom. The number of rotatable bonds is 4. The Morgan fingerprint density at radius 3 is 2.45 bits per heavy atom. The van der Waals surface area contributed by atoms with Crippen molar-refractivity contribution in [2.24, 2.45) is 0 Å². The van der Waals surface area contributed by atoms with Crippen molar-refractivity contribution in [1.29, 1.82) is 0 Å². The van der Waals surface area contributed by atoms with E-state index >= 15 is 0 Å². The summed E-state index contributed by atoms with van der Waals surface area (Å²) in [7, 11) is 0. The standard InChI is InChI=1S/C12H10Cl5N3OS/c1-2-9(21)19-10(12(15,16)17)20-11(22)18-8-5-6(13)3-4-7(8)14/h2-5,10H,1H2,(H,19,21)(H2,18,20,22)/t10-/m0/s1. The smallest absolute Gasteiger partial charge is 0.245 e. The molecule has 0 aliphatic heterocycles. The number of carbonyl (C=O) groups excluding carboxylic acids is 1. The third-order valence-electron chi connectivity index (χ3n) is 2.25. The molecule has 0 aromatic heterocycles. The molecule has 0 bridgehead atoms. The van der Waals surface area contributed by atoms with E-state index in [-0.39, 0.29) is 5.11 Å². The highest BCUT2D eigenvalue weighted by atomic mass is 35.6. The van der Waals surface area contributed by atoms with E-state index in [2.05, 4.69) is 22.5 Å². The first kappa shape index (κ1) is 19.6. The molecule has 22 heavy (non-hydrogen) atoms. The van der Waals surface area contributed by atoms with Gasteiger partial charge in [0, 0.05) is 5.02 Å². The zero-order chi connectivity index (χ0) is 16.9. The lowest BCUT2D eigenvalue weighted by Gasteiger charge is -2.27. The van der Waals surface area contributed by atoms with E-state index in [0.29, 0.717) is 15.7 Å². The van der Waals surface area contributed by atoms with Crippen LogP contribution in [0.5, 0.6) is 0 Å². The molecule has 0 aliphatic carbocycles. The van der Waals surface area contributed by atoms with Crippen molar-refractivity contribution in [1.82, 2.24) is 10.6 Å². The Bertz CT molecular complexity index is 591. The molecule has 10 heteroatoms. The van der Waals surface area contributed by atoms with Gasteiger partial charge in [0.2, 0.25) is 9.70 Å². The zero-order valence-corrected chi connectivity index (χ0v) is 15.4. The maximum absolute atomic E-state index is 11.4. The lowest BCUT2D eigenvalue weighted by Crippen LogP contribution is -2.55. The highest BCUT2D eigenvalue weighted by Crippen LogP contribution is 2.29. The minimum atomic E-state index is -1.84. The topological polar surface area (TPSA) is 53.2 Å². The molecule has 0 fully saturated rings. The van der Waals surface area contributed by atoms with Gasteiger partial charge in [0.25, 0.3) is 0 Å². The third-order valence-corrected chi connectivity index (χ3v) is 3.69. The predicted octanol–water partition coefficient (Wildman–Crippen LogP) is 4.28. The van der Waals surface area contributed by atoms with E-state index in [1.807, 2.05) is 0 Å². The Balaban J connectivity index is 2.81. The van der Waals surface area contributed by atoms with Gasteiger partial charge in [-0.2, -0.15) is 0 Å². The molecule has 0 radical (unpaired) electrons. The molecule has 0 saturated heterocycles. The summed E-state index contributed by atoms with van der Waals surface area (Å²) < 4.78 is -1.84. The minimum absolute atomic E-state index is 0.0739. The lowest BCUT2D eigenvalue weighted by molar-refractivity contribution is -0.117. The molecule has 0 unspecified atom stereocenters. The van der Waals surface area contributed by atoms with E-state index < -0.39 is 15.9 Å². The number of hydrogen-bond donors (Lipinski definition) is 3. The van der Waals surface area contributed by atoms with Gasteiger partial charge in [0.05, 0.1) is 10.7 Å². The molecule has 1 aromatic rings. The van der Waals surface area contributed by atoms with E-state index in [4.69, 9.17) is 70.2 Å². The summed E-state index contributed by atoms with van der Waals surface area (Å²) in [4.78, 5) is 11.4. The van der Waals surface area contributed by atoms with E-state index in [9.17, 15) is 4.79 Å². The average molecular weight is 422 g/mol. The summed E-state index contributed by atoms with van der Waals surface area (Å²) in [5.41, 5.74) is 0.463. The largest absolute Gasteiger partial charge is 0.339 e. The van der Waals surface area contributed by atoms with Crippen molar-refractivity contribution in [3.63, 3.8) is 0 Å². The number of nitrogens with one attached hydrogen (secondary N) is 3. The van der Waals surface area contributed by atoms with E-state index in [1.165, 1.54) is 0 Å². The lowest BCUT2D eigenvalue weighted by atomic mass is 10.3.